The molecule has 1 N–H and O–H groups in total. The first-order chi connectivity index (χ1) is 19.8. The van der Waals surface area contributed by atoms with Crippen molar-refractivity contribution in [2.24, 2.45) is 0 Å². The molecule has 0 aliphatic carbocycles. The summed E-state index contributed by atoms with van der Waals surface area (Å²) in [6, 6.07) is 25.8. The van der Waals surface area contributed by atoms with E-state index in [-0.39, 0.29) is 22.9 Å². The monoisotopic (exact) mass is 591 g/mol. The van der Waals surface area contributed by atoms with Crippen LogP contribution in [-0.4, -0.2) is 51.1 Å². The number of benzene rings is 4. The third-order valence-electron chi connectivity index (χ3n) is 7.05. The van der Waals surface area contributed by atoms with Gasteiger partial charge in [-0.25, -0.2) is 17.9 Å². The summed E-state index contributed by atoms with van der Waals surface area (Å²) in [5.74, 6) is -0.300. The van der Waals surface area contributed by atoms with Gasteiger partial charge in [0, 0.05) is 35.5 Å². The highest BCUT2D eigenvalue weighted by atomic mass is 35.5. The van der Waals surface area contributed by atoms with Gasteiger partial charge in [0.15, 0.2) is 0 Å². The summed E-state index contributed by atoms with van der Waals surface area (Å²) in [4.78, 5) is 29.2. The molecule has 0 saturated carbocycles. The molecule has 0 spiro atoms. The Hall–Kier alpha value is -3.92. The Kier molecular flexibility index (Phi) is 8.58. The lowest BCUT2D eigenvalue weighted by molar-refractivity contribution is 0.0964. The third-order valence-corrected chi connectivity index (χ3v) is 8.95. The molecule has 5 rings (SSSR count). The van der Waals surface area contributed by atoms with E-state index in [9.17, 15) is 18.0 Å². The van der Waals surface area contributed by atoms with Crippen LogP contribution < -0.4 is 9.62 Å². The van der Waals surface area contributed by atoms with E-state index in [4.69, 9.17) is 16.3 Å². The van der Waals surface area contributed by atoms with E-state index in [0.29, 0.717) is 65.3 Å². The second-order valence-electron chi connectivity index (χ2n) is 9.67. The summed E-state index contributed by atoms with van der Waals surface area (Å²) in [7, 11) is -3.94. The van der Waals surface area contributed by atoms with Crippen molar-refractivity contribution in [2.45, 2.75) is 30.7 Å². The molecule has 1 saturated heterocycles. The molecular formula is C31H30ClN3O5S. The number of sulfonamides is 1. The van der Waals surface area contributed by atoms with Gasteiger partial charge in [0.1, 0.15) is 0 Å². The summed E-state index contributed by atoms with van der Waals surface area (Å²) < 4.78 is 35.2. The number of para-hydroxylation sites is 1. The van der Waals surface area contributed by atoms with Crippen molar-refractivity contribution in [3.63, 3.8) is 0 Å². The first kappa shape index (κ1) is 28.6. The molecule has 0 unspecified atom stereocenters. The summed E-state index contributed by atoms with van der Waals surface area (Å²) in [6.45, 7) is 2.85. The number of carbonyl (C=O) groups excluding carboxylic acids is 2. The molecule has 10 heteroatoms. The molecule has 1 fully saturated rings. The summed E-state index contributed by atoms with van der Waals surface area (Å²) in [5, 5.41) is 1.43. The van der Waals surface area contributed by atoms with Gasteiger partial charge in [0.05, 0.1) is 27.9 Å². The standard InChI is InChI=1S/C31H30ClN3O5S/c1-2-40-31(37)34-20-18-23(19-21-34)33-41(38,39)29-17-16-27(24-12-6-7-13-25(24)29)35(28-15-9-8-14-26(28)32)30(36)22-10-4-3-5-11-22/h3-17,23,33H,2,18-21H2,1H3. The first-order valence-electron chi connectivity index (χ1n) is 13.4. The number of amides is 2. The van der Waals surface area contributed by atoms with Gasteiger partial charge in [0.2, 0.25) is 10.0 Å². The van der Waals surface area contributed by atoms with Crippen LogP contribution in [-0.2, 0) is 14.8 Å². The second kappa shape index (κ2) is 12.3. The van der Waals surface area contributed by atoms with Crippen molar-refractivity contribution in [1.29, 1.82) is 0 Å². The Balaban J connectivity index is 1.52. The Bertz CT molecular complexity index is 1670. The number of anilines is 2. The van der Waals surface area contributed by atoms with Gasteiger partial charge in [-0.15, -0.1) is 0 Å². The minimum absolute atomic E-state index is 0.107. The predicted molar refractivity (Wildman–Crippen MR) is 160 cm³/mol. The molecule has 0 aromatic heterocycles. The Labute approximate surface area is 244 Å². The number of hydrogen-bond acceptors (Lipinski definition) is 5. The van der Waals surface area contributed by atoms with E-state index in [1.165, 1.54) is 11.0 Å². The van der Waals surface area contributed by atoms with Gasteiger partial charge in [-0.3, -0.25) is 9.69 Å². The zero-order chi connectivity index (χ0) is 29.0. The van der Waals surface area contributed by atoms with Crippen molar-refractivity contribution in [1.82, 2.24) is 9.62 Å². The van der Waals surface area contributed by atoms with Gasteiger partial charge in [0.25, 0.3) is 5.91 Å². The number of fused-ring (bicyclic) bond motifs is 1. The number of nitrogens with zero attached hydrogens (tertiary/aromatic N) is 2. The number of likely N-dealkylation sites (tertiary alicyclic amines) is 1. The largest absolute Gasteiger partial charge is 0.450 e. The van der Waals surface area contributed by atoms with Gasteiger partial charge in [-0.1, -0.05) is 66.2 Å². The fraction of sp³-hybridized carbons (Fsp3) is 0.226. The fourth-order valence-electron chi connectivity index (χ4n) is 5.05. The Morgan fingerprint density at radius 1 is 0.878 bits per heavy atom. The smallest absolute Gasteiger partial charge is 0.409 e. The van der Waals surface area contributed by atoms with E-state index in [1.807, 2.05) is 6.07 Å². The van der Waals surface area contributed by atoms with E-state index in [2.05, 4.69) is 4.72 Å². The van der Waals surface area contributed by atoms with E-state index in [1.54, 1.807) is 90.7 Å². The van der Waals surface area contributed by atoms with E-state index < -0.39 is 10.0 Å². The molecule has 212 valence electrons. The van der Waals surface area contributed by atoms with E-state index >= 15 is 0 Å². The molecule has 2 amide bonds. The number of carbonyl (C=O) groups is 2. The first-order valence-corrected chi connectivity index (χ1v) is 15.3. The van der Waals surface area contributed by atoms with Crippen molar-refractivity contribution < 1.29 is 22.7 Å². The van der Waals surface area contributed by atoms with Crippen molar-refractivity contribution in [3.8, 4) is 0 Å². The summed E-state index contributed by atoms with van der Waals surface area (Å²) in [6.07, 6.45) is 0.559. The van der Waals surface area contributed by atoms with Crippen LogP contribution in [0.1, 0.15) is 30.1 Å². The maximum Gasteiger partial charge on any atom is 0.409 e. The minimum Gasteiger partial charge on any atom is -0.450 e. The van der Waals surface area contributed by atoms with Gasteiger partial charge >= 0.3 is 6.09 Å². The zero-order valence-corrected chi connectivity index (χ0v) is 24.1. The highest BCUT2D eigenvalue weighted by molar-refractivity contribution is 7.89. The average Bonchev–Trinajstić information content (AvgIpc) is 2.99. The Morgan fingerprint density at radius 3 is 2.20 bits per heavy atom. The number of ether oxygens (including phenoxy) is 1. The lowest BCUT2D eigenvalue weighted by atomic mass is 10.1. The van der Waals surface area contributed by atoms with Crippen molar-refractivity contribution in [3.05, 3.63) is 102 Å². The van der Waals surface area contributed by atoms with Crippen molar-refractivity contribution >= 4 is 55.8 Å². The van der Waals surface area contributed by atoms with Gasteiger partial charge < -0.3 is 9.64 Å². The highest BCUT2D eigenvalue weighted by Crippen LogP contribution is 2.39. The molecule has 4 aromatic carbocycles. The van der Waals surface area contributed by atoms with Crippen LogP contribution in [0.3, 0.4) is 0 Å². The van der Waals surface area contributed by atoms with Crippen LogP contribution in [0.4, 0.5) is 16.2 Å². The lowest BCUT2D eigenvalue weighted by Gasteiger charge is -2.31. The second-order valence-corrected chi connectivity index (χ2v) is 11.8. The van der Waals surface area contributed by atoms with Gasteiger partial charge in [-0.2, -0.15) is 0 Å². The van der Waals surface area contributed by atoms with Crippen LogP contribution in [0.25, 0.3) is 10.8 Å². The van der Waals surface area contributed by atoms with E-state index in [0.717, 1.165) is 0 Å². The predicted octanol–water partition coefficient (Wildman–Crippen LogP) is 6.37. The van der Waals surface area contributed by atoms with Crippen LogP contribution in [0, 0.1) is 0 Å². The zero-order valence-electron chi connectivity index (χ0n) is 22.5. The van der Waals surface area contributed by atoms with Crippen LogP contribution in [0.5, 0.6) is 0 Å². The molecular weight excluding hydrogens is 562 g/mol. The van der Waals surface area contributed by atoms with Crippen LogP contribution in [0.15, 0.2) is 95.9 Å². The number of rotatable bonds is 7. The molecule has 41 heavy (non-hydrogen) atoms. The Morgan fingerprint density at radius 2 is 1.51 bits per heavy atom. The maximum atomic E-state index is 13.9. The fourth-order valence-corrected chi connectivity index (χ4v) is 6.79. The minimum atomic E-state index is -3.94. The van der Waals surface area contributed by atoms with Crippen molar-refractivity contribution in [2.75, 3.05) is 24.6 Å². The molecule has 1 aliphatic heterocycles. The topological polar surface area (TPSA) is 96.0 Å². The molecule has 4 aromatic rings. The molecule has 1 heterocycles. The normalized spacial score (nSPS) is 14.1. The third kappa shape index (κ3) is 6.07. The molecule has 0 bridgehead atoms. The average molecular weight is 592 g/mol. The number of halogens is 1. The highest BCUT2D eigenvalue weighted by Gasteiger charge is 2.30. The number of piperidine rings is 1. The molecule has 0 radical (unpaired) electrons. The summed E-state index contributed by atoms with van der Waals surface area (Å²) in [5.41, 5.74) is 1.45. The SMILES string of the molecule is CCOC(=O)N1CCC(NS(=O)(=O)c2ccc(N(C(=O)c3ccccc3)c3ccccc3Cl)c3ccccc23)CC1. The quantitative estimate of drug-likeness (QED) is 0.269. The van der Waals surface area contributed by atoms with Gasteiger partial charge in [-0.05, 0) is 56.2 Å². The van der Waals surface area contributed by atoms with Crippen LogP contribution in [0.2, 0.25) is 5.02 Å². The lowest BCUT2D eigenvalue weighted by Crippen LogP contribution is -2.46. The molecule has 0 atom stereocenters. The molecule has 8 nitrogen and oxygen atoms in total. The number of hydrogen-bond donors (Lipinski definition) is 1. The van der Waals surface area contributed by atoms with Crippen LogP contribution >= 0.6 is 11.6 Å². The number of nitrogens with one attached hydrogen (secondary N) is 1. The summed E-state index contributed by atoms with van der Waals surface area (Å²) >= 11 is 6.58. The maximum absolute atomic E-state index is 13.9. The molecule has 1 aliphatic rings.